The number of nitrogens with zero attached hydrogens (tertiary/aromatic N) is 2. The number of aliphatic imine (C=N–C) groups is 1. The summed E-state index contributed by atoms with van der Waals surface area (Å²) in [6.45, 7) is 3.83. The molecule has 174 valence electrons. The van der Waals surface area contributed by atoms with E-state index in [0.717, 1.165) is 0 Å². The van der Waals surface area contributed by atoms with Gasteiger partial charge >= 0.3 is 5.97 Å². The molecule has 0 amide bonds. The van der Waals surface area contributed by atoms with Crippen molar-refractivity contribution >= 4 is 17.4 Å². The van der Waals surface area contributed by atoms with Crippen LogP contribution >= 0.6 is 0 Å². The molecule has 3 rings (SSSR count). The average Bonchev–Trinajstić information content (AvgIpc) is 2.78. The fraction of sp³-hybridized carbons (Fsp3) is 0.280. The van der Waals surface area contributed by atoms with Gasteiger partial charge in [0.25, 0.3) is 0 Å². The molecule has 1 aliphatic heterocycles. The number of aliphatic hydroxyl groups is 1. The number of aliphatic carboxylic acids is 1. The number of hydrogen-bond acceptors (Lipinski definition) is 4. The molecule has 2 unspecified atom stereocenters. The molecule has 8 heteroatoms. The summed E-state index contributed by atoms with van der Waals surface area (Å²) in [5.41, 5.74) is 2.41. The summed E-state index contributed by atoms with van der Waals surface area (Å²) >= 11 is 0. The van der Waals surface area contributed by atoms with E-state index in [2.05, 4.69) is 0 Å². The Bertz CT molecular complexity index is 1080. The van der Waals surface area contributed by atoms with Gasteiger partial charge in [-0.2, -0.15) is 0 Å². The van der Waals surface area contributed by atoms with Crippen molar-refractivity contribution in [3.05, 3.63) is 89.4 Å². The Kier molecular flexibility index (Phi) is 7.71. The van der Waals surface area contributed by atoms with Crippen molar-refractivity contribution in [1.29, 1.82) is 0 Å². The fourth-order valence-corrected chi connectivity index (χ4v) is 3.45. The van der Waals surface area contributed by atoms with Gasteiger partial charge < -0.3 is 15.1 Å². The van der Waals surface area contributed by atoms with Crippen LogP contribution in [-0.4, -0.2) is 39.1 Å². The molecule has 0 saturated carbocycles. The molecular weight excluding hydrogens is 433 g/mol. The summed E-state index contributed by atoms with van der Waals surface area (Å²) in [6.07, 6.45) is 0.193. The minimum atomic E-state index is -1.67. The predicted molar refractivity (Wildman–Crippen MR) is 120 cm³/mol. The molecular formula is C25H25F3N2O3. The highest BCUT2D eigenvalue weighted by Crippen LogP contribution is 2.32. The minimum Gasteiger partial charge on any atom is -0.479 e. The van der Waals surface area contributed by atoms with Crippen LogP contribution in [0.1, 0.15) is 37.8 Å². The Morgan fingerprint density at radius 1 is 1.06 bits per heavy atom. The quantitative estimate of drug-likeness (QED) is 0.575. The molecule has 0 bridgehead atoms. The van der Waals surface area contributed by atoms with Crippen LogP contribution in [0, 0.1) is 17.6 Å². The second-order valence-electron chi connectivity index (χ2n) is 8.09. The van der Waals surface area contributed by atoms with Crippen molar-refractivity contribution in [2.75, 3.05) is 0 Å². The molecule has 2 aromatic carbocycles. The van der Waals surface area contributed by atoms with E-state index in [4.69, 9.17) is 10.1 Å². The van der Waals surface area contributed by atoms with Gasteiger partial charge in [0.05, 0.1) is 11.4 Å². The van der Waals surface area contributed by atoms with Gasteiger partial charge in [-0.05, 0) is 72.5 Å². The summed E-state index contributed by atoms with van der Waals surface area (Å²) in [5.74, 6) is -2.92. The number of carboxylic acid groups (broad SMARTS) is 1. The second-order valence-corrected chi connectivity index (χ2v) is 8.09. The fourth-order valence-electron chi connectivity index (χ4n) is 3.45. The maximum absolute atomic E-state index is 14.8. The van der Waals surface area contributed by atoms with Crippen molar-refractivity contribution in [3.8, 4) is 0 Å². The van der Waals surface area contributed by atoms with E-state index < -0.39 is 29.9 Å². The van der Waals surface area contributed by atoms with Gasteiger partial charge in [-0.3, -0.25) is 4.99 Å². The molecule has 1 aliphatic rings. The largest absolute Gasteiger partial charge is 0.479 e. The molecule has 2 N–H and O–H groups in total. The van der Waals surface area contributed by atoms with Crippen LogP contribution in [0.4, 0.5) is 13.2 Å². The van der Waals surface area contributed by atoms with Gasteiger partial charge in [-0.15, -0.1) is 0 Å². The Labute approximate surface area is 190 Å². The molecule has 5 nitrogen and oxygen atoms in total. The van der Waals surface area contributed by atoms with Crippen LogP contribution in [0.5, 0.6) is 0 Å². The number of carboxylic acids is 1. The zero-order valence-electron chi connectivity index (χ0n) is 18.3. The number of allylic oxidation sites excluding steroid dienone is 2. The van der Waals surface area contributed by atoms with E-state index in [1.807, 2.05) is 13.8 Å². The van der Waals surface area contributed by atoms with Crippen LogP contribution in [0.3, 0.4) is 0 Å². The summed E-state index contributed by atoms with van der Waals surface area (Å²) in [6, 6.07) is 11.6. The number of rotatable bonds is 8. The minimum absolute atomic E-state index is 0.0711. The molecule has 0 fully saturated rings. The lowest BCUT2D eigenvalue weighted by atomic mass is 9.99. The lowest BCUT2D eigenvalue weighted by Crippen LogP contribution is -2.36. The first-order valence-corrected chi connectivity index (χ1v) is 10.5. The van der Waals surface area contributed by atoms with E-state index in [0.29, 0.717) is 22.5 Å². The number of carbonyl (C=O) groups is 1. The third kappa shape index (κ3) is 6.10. The Hall–Kier alpha value is -3.39. The standard InChI is InChI=1S/C25H25F3N2O3/c1-15(2)24-29-21(16-3-7-18(26)8-4-16)13-22(17-5-9-19(27)10-6-17)30(24)14-20(28)11-12-23(31)25(32)33/h3-10,13-15,23-24,31H,11-12H2,1-2H3,(H,32,33). The van der Waals surface area contributed by atoms with Crippen LogP contribution < -0.4 is 0 Å². The molecule has 2 aromatic rings. The SMILES string of the molecule is CC(C)C1N=C(c2ccc(F)cc2)C=C(c2ccc(F)cc2)N1C=C(F)CCC(O)C(=O)O. The van der Waals surface area contributed by atoms with Gasteiger partial charge in [0.15, 0.2) is 6.10 Å². The molecule has 0 saturated heterocycles. The zero-order valence-corrected chi connectivity index (χ0v) is 18.3. The van der Waals surface area contributed by atoms with Gasteiger partial charge in [-0.1, -0.05) is 13.8 Å². The second kappa shape index (κ2) is 10.5. The highest BCUT2D eigenvalue weighted by atomic mass is 19.1. The van der Waals surface area contributed by atoms with Crippen molar-refractivity contribution in [1.82, 2.24) is 4.90 Å². The van der Waals surface area contributed by atoms with Crippen LogP contribution in [0.15, 0.2) is 71.6 Å². The van der Waals surface area contributed by atoms with Gasteiger partial charge in [0, 0.05) is 18.2 Å². The Morgan fingerprint density at radius 2 is 1.61 bits per heavy atom. The lowest BCUT2D eigenvalue weighted by molar-refractivity contribution is -0.146. The van der Waals surface area contributed by atoms with E-state index in [9.17, 15) is 23.1 Å². The number of halogens is 3. The molecule has 0 aromatic heterocycles. The first kappa shape index (κ1) is 24.3. The van der Waals surface area contributed by atoms with E-state index in [-0.39, 0.29) is 24.6 Å². The van der Waals surface area contributed by atoms with E-state index in [1.54, 1.807) is 35.2 Å². The monoisotopic (exact) mass is 458 g/mol. The number of aliphatic hydroxyl groups excluding tert-OH is 1. The Balaban J connectivity index is 2.04. The average molecular weight is 458 g/mol. The topological polar surface area (TPSA) is 73.1 Å². The number of hydrogen-bond donors (Lipinski definition) is 2. The first-order valence-electron chi connectivity index (χ1n) is 10.5. The molecule has 0 spiro atoms. The van der Waals surface area contributed by atoms with Crippen molar-refractivity contribution in [2.24, 2.45) is 10.9 Å². The first-order chi connectivity index (χ1) is 15.7. The highest BCUT2D eigenvalue weighted by Gasteiger charge is 2.28. The summed E-state index contributed by atoms with van der Waals surface area (Å²) in [7, 11) is 0. The smallest absolute Gasteiger partial charge is 0.332 e. The van der Waals surface area contributed by atoms with Crippen molar-refractivity contribution in [3.63, 3.8) is 0 Å². The van der Waals surface area contributed by atoms with E-state index >= 15 is 0 Å². The van der Waals surface area contributed by atoms with E-state index in [1.165, 1.54) is 30.5 Å². The maximum Gasteiger partial charge on any atom is 0.332 e. The molecule has 2 atom stereocenters. The number of benzene rings is 2. The van der Waals surface area contributed by atoms with Gasteiger partial charge in [0.2, 0.25) is 0 Å². The van der Waals surface area contributed by atoms with Crippen molar-refractivity contribution < 1.29 is 28.2 Å². The van der Waals surface area contributed by atoms with Gasteiger partial charge in [-0.25, -0.2) is 18.0 Å². The molecule has 1 heterocycles. The maximum atomic E-state index is 14.8. The molecule has 0 aliphatic carbocycles. The van der Waals surface area contributed by atoms with Crippen molar-refractivity contribution in [2.45, 2.75) is 39.0 Å². The Morgan fingerprint density at radius 3 is 2.12 bits per heavy atom. The third-order valence-corrected chi connectivity index (χ3v) is 5.21. The van der Waals surface area contributed by atoms with Crippen LogP contribution in [0.25, 0.3) is 5.70 Å². The normalized spacial score (nSPS) is 17.6. The molecule has 33 heavy (non-hydrogen) atoms. The predicted octanol–water partition coefficient (Wildman–Crippen LogP) is 5.13. The lowest BCUT2D eigenvalue weighted by Gasteiger charge is -2.36. The highest BCUT2D eigenvalue weighted by molar-refractivity contribution is 6.13. The van der Waals surface area contributed by atoms with Crippen LogP contribution in [0.2, 0.25) is 0 Å². The summed E-state index contributed by atoms with van der Waals surface area (Å²) < 4.78 is 41.8. The third-order valence-electron chi connectivity index (χ3n) is 5.21. The van der Waals surface area contributed by atoms with Gasteiger partial charge in [0.1, 0.15) is 23.6 Å². The molecule has 0 radical (unpaired) electrons. The summed E-state index contributed by atoms with van der Waals surface area (Å²) in [4.78, 5) is 17.2. The summed E-state index contributed by atoms with van der Waals surface area (Å²) in [5, 5.41) is 18.3. The van der Waals surface area contributed by atoms with Crippen LogP contribution in [-0.2, 0) is 4.79 Å². The zero-order chi connectivity index (χ0) is 24.1.